The zero-order valence-corrected chi connectivity index (χ0v) is 9.59. The van der Waals surface area contributed by atoms with Gasteiger partial charge in [-0.15, -0.1) is 0 Å². The molecule has 0 saturated carbocycles. The van der Waals surface area contributed by atoms with E-state index >= 15 is 0 Å². The van der Waals surface area contributed by atoms with Gasteiger partial charge in [-0.05, 0) is 6.92 Å². The standard InChI is InChI=1S/C10H19NO3/c1-6-11-7-9(2,3)10(13-4,14-5)8(11)12/h6-7H2,1-5H3. The maximum Gasteiger partial charge on any atom is 0.283 e. The Balaban J connectivity index is 3.08. The van der Waals surface area contributed by atoms with Crippen LogP contribution in [0, 0.1) is 5.41 Å². The van der Waals surface area contributed by atoms with E-state index in [2.05, 4.69) is 0 Å². The maximum absolute atomic E-state index is 12.0. The molecular formula is C10H19NO3. The van der Waals surface area contributed by atoms with Gasteiger partial charge in [0.25, 0.3) is 11.7 Å². The van der Waals surface area contributed by atoms with Crippen molar-refractivity contribution >= 4 is 5.91 Å². The fraction of sp³-hybridized carbons (Fsp3) is 0.900. The molecule has 4 heteroatoms. The first-order valence-electron chi connectivity index (χ1n) is 4.85. The molecule has 14 heavy (non-hydrogen) atoms. The molecule has 0 unspecified atom stereocenters. The molecule has 1 fully saturated rings. The van der Waals surface area contributed by atoms with Gasteiger partial charge in [-0.1, -0.05) is 13.8 Å². The van der Waals surface area contributed by atoms with Gasteiger partial charge >= 0.3 is 0 Å². The summed E-state index contributed by atoms with van der Waals surface area (Å²) in [4.78, 5) is 13.8. The van der Waals surface area contributed by atoms with Crippen LogP contribution in [0.3, 0.4) is 0 Å². The van der Waals surface area contributed by atoms with Crippen LogP contribution >= 0.6 is 0 Å². The first kappa shape index (κ1) is 11.5. The van der Waals surface area contributed by atoms with Crippen molar-refractivity contribution < 1.29 is 14.3 Å². The molecule has 0 aromatic carbocycles. The number of likely N-dealkylation sites (tertiary alicyclic amines) is 1. The van der Waals surface area contributed by atoms with E-state index in [-0.39, 0.29) is 11.3 Å². The third-order valence-corrected chi connectivity index (χ3v) is 3.00. The van der Waals surface area contributed by atoms with Crippen LogP contribution in [0.5, 0.6) is 0 Å². The van der Waals surface area contributed by atoms with E-state index in [1.807, 2.05) is 20.8 Å². The van der Waals surface area contributed by atoms with E-state index in [0.717, 1.165) is 0 Å². The predicted octanol–water partition coefficient (Wildman–Crippen LogP) is 0.864. The SMILES string of the molecule is CCN1CC(C)(C)C(OC)(OC)C1=O. The van der Waals surface area contributed by atoms with E-state index in [1.165, 1.54) is 14.2 Å². The molecule has 0 aromatic rings. The van der Waals surface area contributed by atoms with E-state index in [9.17, 15) is 4.79 Å². The van der Waals surface area contributed by atoms with E-state index < -0.39 is 5.79 Å². The summed E-state index contributed by atoms with van der Waals surface area (Å²) in [6, 6.07) is 0. The zero-order valence-electron chi connectivity index (χ0n) is 9.59. The summed E-state index contributed by atoms with van der Waals surface area (Å²) in [5.41, 5.74) is -0.316. The van der Waals surface area contributed by atoms with Crippen LogP contribution in [0.25, 0.3) is 0 Å². The molecular weight excluding hydrogens is 182 g/mol. The lowest BCUT2D eigenvalue weighted by atomic mass is 9.86. The highest BCUT2D eigenvalue weighted by molar-refractivity contribution is 5.87. The molecule has 0 aliphatic carbocycles. The van der Waals surface area contributed by atoms with Crippen molar-refractivity contribution in [2.45, 2.75) is 26.6 Å². The summed E-state index contributed by atoms with van der Waals surface area (Å²) < 4.78 is 10.6. The summed E-state index contributed by atoms with van der Waals surface area (Å²) in [5, 5.41) is 0. The molecule has 1 aliphatic rings. The van der Waals surface area contributed by atoms with Gasteiger partial charge in [-0.2, -0.15) is 0 Å². The number of amides is 1. The normalized spacial score (nSPS) is 24.4. The van der Waals surface area contributed by atoms with Crippen LogP contribution in [0.4, 0.5) is 0 Å². The monoisotopic (exact) mass is 201 g/mol. The van der Waals surface area contributed by atoms with Crippen molar-refractivity contribution in [2.24, 2.45) is 5.41 Å². The van der Waals surface area contributed by atoms with Gasteiger partial charge in [0.15, 0.2) is 0 Å². The summed E-state index contributed by atoms with van der Waals surface area (Å²) in [7, 11) is 3.03. The largest absolute Gasteiger partial charge is 0.345 e. The van der Waals surface area contributed by atoms with Gasteiger partial charge in [-0.3, -0.25) is 4.79 Å². The maximum atomic E-state index is 12.0. The molecule has 4 nitrogen and oxygen atoms in total. The van der Waals surface area contributed by atoms with E-state index in [0.29, 0.717) is 13.1 Å². The van der Waals surface area contributed by atoms with E-state index in [1.54, 1.807) is 4.90 Å². The second-order valence-corrected chi connectivity index (χ2v) is 4.23. The van der Waals surface area contributed by atoms with Crippen LogP contribution in [0.1, 0.15) is 20.8 Å². The van der Waals surface area contributed by atoms with Crippen molar-refractivity contribution in [3.8, 4) is 0 Å². The van der Waals surface area contributed by atoms with Crippen molar-refractivity contribution in [1.82, 2.24) is 4.90 Å². The molecule has 1 aliphatic heterocycles. The van der Waals surface area contributed by atoms with Crippen molar-refractivity contribution in [2.75, 3.05) is 27.3 Å². The summed E-state index contributed by atoms with van der Waals surface area (Å²) in [5.74, 6) is -1.18. The first-order valence-corrected chi connectivity index (χ1v) is 4.85. The molecule has 0 radical (unpaired) electrons. The smallest absolute Gasteiger partial charge is 0.283 e. The topological polar surface area (TPSA) is 38.8 Å². The molecule has 1 amide bonds. The molecule has 1 heterocycles. The van der Waals surface area contributed by atoms with Crippen LogP contribution in [0.2, 0.25) is 0 Å². The van der Waals surface area contributed by atoms with Crippen molar-refractivity contribution in [3.05, 3.63) is 0 Å². The Hall–Kier alpha value is -0.610. The Morgan fingerprint density at radius 2 is 1.86 bits per heavy atom. The molecule has 0 aromatic heterocycles. The number of methoxy groups -OCH3 is 2. The van der Waals surface area contributed by atoms with Gasteiger partial charge < -0.3 is 14.4 Å². The Labute approximate surface area is 85.2 Å². The Bertz CT molecular complexity index is 234. The average Bonchev–Trinajstić information content (AvgIpc) is 2.34. The number of carbonyl (C=O) groups excluding carboxylic acids is 1. The molecule has 0 spiro atoms. The molecule has 0 atom stereocenters. The van der Waals surface area contributed by atoms with Crippen LogP contribution in [0.15, 0.2) is 0 Å². The van der Waals surface area contributed by atoms with Gasteiger partial charge in [-0.25, -0.2) is 0 Å². The molecule has 1 saturated heterocycles. The quantitative estimate of drug-likeness (QED) is 0.636. The third kappa shape index (κ3) is 1.25. The second kappa shape index (κ2) is 3.51. The number of likely N-dealkylation sites (N-methyl/N-ethyl adjacent to an activating group) is 1. The van der Waals surface area contributed by atoms with Crippen LogP contribution < -0.4 is 0 Å². The minimum Gasteiger partial charge on any atom is -0.345 e. The number of hydrogen-bond donors (Lipinski definition) is 0. The second-order valence-electron chi connectivity index (χ2n) is 4.23. The minimum absolute atomic E-state index is 0.0741. The Kier molecular flexibility index (Phi) is 2.88. The predicted molar refractivity (Wildman–Crippen MR) is 52.8 cm³/mol. The fourth-order valence-electron chi connectivity index (χ4n) is 2.22. The Morgan fingerprint density at radius 1 is 1.36 bits per heavy atom. The zero-order chi connectivity index (χ0) is 11.0. The number of ether oxygens (including phenoxy) is 2. The fourth-order valence-corrected chi connectivity index (χ4v) is 2.22. The van der Waals surface area contributed by atoms with Gasteiger partial charge in [0.1, 0.15) is 0 Å². The number of carbonyl (C=O) groups is 1. The molecule has 82 valence electrons. The van der Waals surface area contributed by atoms with Crippen molar-refractivity contribution in [3.63, 3.8) is 0 Å². The lowest BCUT2D eigenvalue weighted by Crippen LogP contribution is -2.50. The highest BCUT2D eigenvalue weighted by Crippen LogP contribution is 2.42. The highest BCUT2D eigenvalue weighted by atomic mass is 16.7. The number of nitrogens with zero attached hydrogens (tertiary/aromatic N) is 1. The van der Waals surface area contributed by atoms with Gasteiger partial charge in [0, 0.05) is 32.7 Å². The lowest BCUT2D eigenvalue weighted by Gasteiger charge is -2.34. The molecule has 1 rings (SSSR count). The van der Waals surface area contributed by atoms with E-state index in [4.69, 9.17) is 9.47 Å². The number of rotatable bonds is 3. The minimum atomic E-state index is -1.11. The van der Waals surface area contributed by atoms with Crippen LogP contribution in [-0.4, -0.2) is 43.9 Å². The molecule has 0 N–H and O–H groups in total. The summed E-state index contributed by atoms with van der Waals surface area (Å²) >= 11 is 0. The highest BCUT2D eigenvalue weighted by Gasteiger charge is 2.60. The summed E-state index contributed by atoms with van der Waals surface area (Å²) in [6.45, 7) is 7.28. The van der Waals surface area contributed by atoms with Crippen LogP contribution in [-0.2, 0) is 14.3 Å². The van der Waals surface area contributed by atoms with Gasteiger partial charge in [0.05, 0.1) is 0 Å². The number of hydrogen-bond acceptors (Lipinski definition) is 3. The average molecular weight is 201 g/mol. The van der Waals surface area contributed by atoms with Gasteiger partial charge in [0.2, 0.25) is 0 Å². The lowest BCUT2D eigenvalue weighted by molar-refractivity contribution is -0.239. The molecule has 0 bridgehead atoms. The van der Waals surface area contributed by atoms with Crippen molar-refractivity contribution in [1.29, 1.82) is 0 Å². The summed E-state index contributed by atoms with van der Waals surface area (Å²) in [6.07, 6.45) is 0. The Morgan fingerprint density at radius 3 is 2.07 bits per heavy atom. The first-order chi connectivity index (χ1) is 6.45. The third-order valence-electron chi connectivity index (χ3n) is 3.00.